The summed E-state index contributed by atoms with van der Waals surface area (Å²) in [5.41, 5.74) is 3.73. The summed E-state index contributed by atoms with van der Waals surface area (Å²) in [6.45, 7) is 8.96. The average molecular weight is 288 g/mol. The Morgan fingerprint density at radius 3 is 2.52 bits per heavy atom. The third kappa shape index (κ3) is 4.31. The van der Waals surface area contributed by atoms with Crippen LogP contribution < -0.4 is 5.32 Å². The number of hydrogen-bond acceptors (Lipinski definition) is 2. The second-order valence-corrected chi connectivity index (χ2v) is 6.63. The molecule has 1 N–H and O–H groups in total. The van der Waals surface area contributed by atoms with Gasteiger partial charge in [-0.05, 0) is 70.2 Å². The second kappa shape index (κ2) is 6.61. The zero-order valence-electron chi connectivity index (χ0n) is 13.9. The van der Waals surface area contributed by atoms with E-state index in [4.69, 9.17) is 0 Å². The third-order valence-corrected chi connectivity index (χ3v) is 4.80. The molecule has 0 heterocycles. The van der Waals surface area contributed by atoms with Gasteiger partial charge in [0.25, 0.3) is 0 Å². The first-order chi connectivity index (χ1) is 9.88. The van der Waals surface area contributed by atoms with Crippen molar-refractivity contribution in [2.75, 3.05) is 13.6 Å². The first kappa shape index (κ1) is 16.0. The minimum atomic E-state index is 0.0569. The van der Waals surface area contributed by atoms with Crippen molar-refractivity contribution < 1.29 is 4.79 Å². The predicted octanol–water partition coefficient (Wildman–Crippen LogP) is 3.21. The van der Waals surface area contributed by atoms with Gasteiger partial charge < -0.3 is 5.32 Å². The van der Waals surface area contributed by atoms with Crippen molar-refractivity contribution in [2.24, 2.45) is 5.92 Å². The van der Waals surface area contributed by atoms with Crippen LogP contribution in [0.25, 0.3) is 0 Å². The lowest BCUT2D eigenvalue weighted by atomic mass is 10.0. The molecular formula is C18H28N2O. The highest BCUT2D eigenvalue weighted by molar-refractivity contribution is 5.78. The molecule has 0 aliphatic heterocycles. The summed E-state index contributed by atoms with van der Waals surface area (Å²) in [6.07, 6.45) is 2.62. The van der Waals surface area contributed by atoms with Gasteiger partial charge in [-0.15, -0.1) is 0 Å². The summed E-state index contributed by atoms with van der Waals surface area (Å²) >= 11 is 0. The lowest BCUT2D eigenvalue weighted by Crippen LogP contribution is -2.41. The first-order valence-electron chi connectivity index (χ1n) is 7.95. The van der Waals surface area contributed by atoms with Crippen LogP contribution in [0.1, 0.15) is 49.4 Å². The van der Waals surface area contributed by atoms with Crippen molar-refractivity contribution >= 4 is 5.91 Å². The van der Waals surface area contributed by atoms with Crippen LogP contribution in [-0.2, 0) is 4.79 Å². The number of nitrogens with one attached hydrogen (secondary N) is 1. The zero-order valence-corrected chi connectivity index (χ0v) is 13.9. The van der Waals surface area contributed by atoms with Crippen LogP contribution in [0.3, 0.4) is 0 Å². The Morgan fingerprint density at radius 1 is 1.29 bits per heavy atom. The van der Waals surface area contributed by atoms with E-state index in [1.807, 2.05) is 14.0 Å². The predicted molar refractivity (Wildman–Crippen MR) is 87.3 cm³/mol. The Balaban J connectivity index is 1.87. The van der Waals surface area contributed by atoms with E-state index in [0.717, 1.165) is 5.92 Å². The van der Waals surface area contributed by atoms with Gasteiger partial charge in [0.2, 0.25) is 5.91 Å². The Kier molecular flexibility index (Phi) is 5.04. The average Bonchev–Trinajstić information content (AvgIpc) is 3.25. The molecule has 1 saturated carbocycles. The van der Waals surface area contributed by atoms with E-state index >= 15 is 0 Å². The summed E-state index contributed by atoms with van der Waals surface area (Å²) < 4.78 is 0. The molecule has 0 radical (unpaired) electrons. The molecule has 0 aromatic heterocycles. The van der Waals surface area contributed by atoms with E-state index in [-0.39, 0.29) is 11.9 Å². The number of hydrogen-bond donors (Lipinski definition) is 1. The summed E-state index contributed by atoms with van der Waals surface area (Å²) in [5.74, 6) is 0.899. The molecule has 1 aliphatic carbocycles. The molecule has 2 atom stereocenters. The molecule has 116 valence electrons. The van der Waals surface area contributed by atoms with Crippen LogP contribution in [0.2, 0.25) is 0 Å². The molecule has 1 amide bonds. The van der Waals surface area contributed by atoms with E-state index in [0.29, 0.717) is 12.6 Å². The zero-order chi connectivity index (χ0) is 15.6. The van der Waals surface area contributed by atoms with Crippen molar-refractivity contribution in [3.8, 4) is 0 Å². The van der Waals surface area contributed by atoms with Crippen molar-refractivity contribution in [1.29, 1.82) is 0 Å². The number of carbonyl (C=O) groups is 1. The summed E-state index contributed by atoms with van der Waals surface area (Å²) in [4.78, 5) is 14.4. The quantitative estimate of drug-likeness (QED) is 0.872. The molecule has 0 spiro atoms. The molecule has 1 aromatic carbocycles. The van der Waals surface area contributed by atoms with Gasteiger partial charge >= 0.3 is 0 Å². The number of aryl methyl sites for hydroxylation is 2. The van der Waals surface area contributed by atoms with E-state index in [1.165, 1.54) is 29.5 Å². The van der Waals surface area contributed by atoms with E-state index in [2.05, 4.69) is 49.2 Å². The Labute approximate surface area is 128 Å². The number of rotatable bonds is 6. The Bertz CT molecular complexity index is 508. The molecule has 2 unspecified atom stereocenters. The van der Waals surface area contributed by atoms with Gasteiger partial charge in [0.15, 0.2) is 0 Å². The van der Waals surface area contributed by atoms with Gasteiger partial charge in [-0.1, -0.05) is 18.2 Å². The summed E-state index contributed by atoms with van der Waals surface area (Å²) in [6, 6.07) is 6.95. The summed E-state index contributed by atoms with van der Waals surface area (Å²) in [7, 11) is 2.04. The van der Waals surface area contributed by atoms with Crippen LogP contribution in [0.5, 0.6) is 0 Å². The Morgan fingerprint density at radius 2 is 1.95 bits per heavy atom. The molecule has 1 aromatic rings. The number of nitrogens with zero attached hydrogens (tertiary/aromatic N) is 1. The normalized spacial score (nSPS) is 17.6. The first-order valence-corrected chi connectivity index (χ1v) is 7.95. The number of amides is 1. The smallest absolute Gasteiger partial charge is 0.234 e. The minimum absolute atomic E-state index is 0.0569. The number of carbonyl (C=O) groups excluding carboxylic acids is 1. The fourth-order valence-electron chi connectivity index (χ4n) is 2.71. The fraction of sp³-hybridized carbons (Fsp3) is 0.611. The van der Waals surface area contributed by atoms with E-state index < -0.39 is 0 Å². The van der Waals surface area contributed by atoms with Crippen molar-refractivity contribution in [2.45, 2.75) is 52.6 Å². The van der Waals surface area contributed by atoms with Gasteiger partial charge in [0.1, 0.15) is 0 Å². The molecule has 0 saturated heterocycles. The largest absolute Gasteiger partial charge is 0.348 e. The SMILES string of the molecule is Cc1ccc(C(C)NC(=O)CN(C)C(C)C2CC2)cc1C. The van der Waals surface area contributed by atoms with Gasteiger partial charge in [-0.25, -0.2) is 0 Å². The molecule has 3 nitrogen and oxygen atoms in total. The maximum atomic E-state index is 12.2. The highest BCUT2D eigenvalue weighted by Crippen LogP contribution is 2.34. The van der Waals surface area contributed by atoms with Crippen molar-refractivity contribution in [1.82, 2.24) is 10.2 Å². The van der Waals surface area contributed by atoms with Gasteiger partial charge in [-0.2, -0.15) is 0 Å². The lowest BCUT2D eigenvalue weighted by Gasteiger charge is -2.25. The third-order valence-electron chi connectivity index (χ3n) is 4.80. The topological polar surface area (TPSA) is 32.3 Å². The monoisotopic (exact) mass is 288 g/mol. The lowest BCUT2D eigenvalue weighted by molar-refractivity contribution is -0.123. The Hall–Kier alpha value is -1.35. The molecule has 21 heavy (non-hydrogen) atoms. The van der Waals surface area contributed by atoms with Crippen molar-refractivity contribution in [3.05, 3.63) is 34.9 Å². The molecule has 2 rings (SSSR count). The van der Waals surface area contributed by atoms with Crippen molar-refractivity contribution in [3.63, 3.8) is 0 Å². The highest BCUT2D eigenvalue weighted by Gasteiger charge is 2.31. The van der Waals surface area contributed by atoms with Crippen LogP contribution >= 0.6 is 0 Å². The van der Waals surface area contributed by atoms with E-state index in [9.17, 15) is 4.79 Å². The highest BCUT2D eigenvalue weighted by atomic mass is 16.2. The van der Waals surface area contributed by atoms with Gasteiger partial charge in [0.05, 0.1) is 12.6 Å². The number of likely N-dealkylation sites (N-methyl/N-ethyl adjacent to an activating group) is 1. The van der Waals surface area contributed by atoms with Crippen LogP contribution in [0.4, 0.5) is 0 Å². The molecule has 1 aliphatic rings. The fourth-order valence-corrected chi connectivity index (χ4v) is 2.71. The van der Waals surface area contributed by atoms with E-state index in [1.54, 1.807) is 0 Å². The molecular weight excluding hydrogens is 260 g/mol. The maximum absolute atomic E-state index is 12.2. The molecule has 1 fully saturated rings. The summed E-state index contributed by atoms with van der Waals surface area (Å²) in [5, 5.41) is 3.11. The molecule has 3 heteroatoms. The number of benzene rings is 1. The van der Waals surface area contributed by atoms with Gasteiger partial charge in [-0.3, -0.25) is 9.69 Å². The van der Waals surface area contributed by atoms with Gasteiger partial charge in [0, 0.05) is 6.04 Å². The maximum Gasteiger partial charge on any atom is 0.234 e. The van der Waals surface area contributed by atoms with Crippen LogP contribution in [0, 0.1) is 19.8 Å². The molecule has 0 bridgehead atoms. The van der Waals surface area contributed by atoms with Crippen LogP contribution in [-0.4, -0.2) is 30.4 Å². The van der Waals surface area contributed by atoms with Crippen LogP contribution in [0.15, 0.2) is 18.2 Å². The standard InChI is InChI=1S/C18H28N2O/c1-12-6-7-17(10-13(12)2)14(3)19-18(21)11-20(5)15(4)16-8-9-16/h6-7,10,14-16H,8-9,11H2,1-5H3,(H,19,21). The second-order valence-electron chi connectivity index (χ2n) is 6.63. The minimum Gasteiger partial charge on any atom is -0.348 e.